The molecule has 140 valence electrons. The number of nitrogens with zero attached hydrogens (tertiary/aromatic N) is 3. The van der Waals surface area contributed by atoms with Crippen LogP contribution in [0.15, 0.2) is 60.8 Å². The molecule has 2 aromatic carbocycles. The maximum absolute atomic E-state index is 13.2. The van der Waals surface area contributed by atoms with Gasteiger partial charge >= 0.3 is 0 Å². The molecule has 1 amide bonds. The van der Waals surface area contributed by atoms with Crippen molar-refractivity contribution in [2.75, 3.05) is 24.3 Å². The molecular formula is C21H23FN4O. The Morgan fingerprint density at radius 2 is 1.89 bits per heavy atom. The van der Waals surface area contributed by atoms with Gasteiger partial charge in [0.25, 0.3) is 0 Å². The van der Waals surface area contributed by atoms with Crippen molar-refractivity contribution in [1.82, 2.24) is 9.78 Å². The smallest absolute Gasteiger partial charge is 0.225 e. The first-order valence-corrected chi connectivity index (χ1v) is 8.83. The molecule has 0 atom stereocenters. The molecule has 1 heterocycles. The molecule has 0 spiro atoms. The van der Waals surface area contributed by atoms with Crippen LogP contribution in [0.25, 0.3) is 0 Å². The molecule has 1 aromatic heterocycles. The SMILES string of the molecule is CN(C)c1ccc(Cn2nccc2NC(=O)CCc2cccc(F)c2)cc1. The van der Waals surface area contributed by atoms with E-state index >= 15 is 0 Å². The van der Waals surface area contributed by atoms with Crippen molar-refractivity contribution in [3.63, 3.8) is 0 Å². The van der Waals surface area contributed by atoms with Crippen LogP contribution in [0.5, 0.6) is 0 Å². The minimum absolute atomic E-state index is 0.121. The second-order valence-electron chi connectivity index (χ2n) is 6.61. The summed E-state index contributed by atoms with van der Waals surface area (Å²) in [6.45, 7) is 0.570. The number of hydrogen-bond acceptors (Lipinski definition) is 3. The van der Waals surface area contributed by atoms with Crippen LogP contribution in [0.1, 0.15) is 17.5 Å². The molecule has 0 saturated heterocycles. The number of nitrogens with one attached hydrogen (secondary N) is 1. The first-order valence-electron chi connectivity index (χ1n) is 8.83. The number of carbonyl (C=O) groups is 1. The van der Waals surface area contributed by atoms with E-state index in [9.17, 15) is 9.18 Å². The molecular weight excluding hydrogens is 343 g/mol. The summed E-state index contributed by atoms with van der Waals surface area (Å²) in [4.78, 5) is 14.3. The number of anilines is 2. The Balaban J connectivity index is 1.58. The number of benzene rings is 2. The Bertz CT molecular complexity index is 903. The van der Waals surface area contributed by atoms with Gasteiger partial charge in [-0.25, -0.2) is 9.07 Å². The summed E-state index contributed by atoms with van der Waals surface area (Å²) < 4.78 is 15.0. The van der Waals surface area contributed by atoms with Gasteiger partial charge in [0.15, 0.2) is 0 Å². The summed E-state index contributed by atoms with van der Waals surface area (Å²) in [7, 11) is 4.00. The number of hydrogen-bond donors (Lipinski definition) is 1. The fraction of sp³-hybridized carbons (Fsp3) is 0.238. The highest BCUT2D eigenvalue weighted by Crippen LogP contribution is 2.15. The van der Waals surface area contributed by atoms with Crippen molar-refractivity contribution in [2.24, 2.45) is 0 Å². The zero-order chi connectivity index (χ0) is 19.2. The van der Waals surface area contributed by atoms with Gasteiger partial charge in [-0.05, 0) is 41.8 Å². The predicted octanol–water partition coefficient (Wildman–Crippen LogP) is 3.71. The number of rotatable bonds is 7. The van der Waals surface area contributed by atoms with E-state index in [-0.39, 0.29) is 18.1 Å². The monoisotopic (exact) mass is 366 g/mol. The molecule has 0 aliphatic carbocycles. The standard InChI is InChI=1S/C21H23FN4O/c1-25(2)19-9-6-17(7-10-19)15-26-20(12-13-23-26)24-21(27)11-8-16-4-3-5-18(22)14-16/h3-7,9-10,12-14H,8,11,15H2,1-2H3,(H,24,27). The van der Waals surface area contributed by atoms with E-state index in [0.29, 0.717) is 18.8 Å². The Morgan fingerprint density at radius 1 is 1.11 bits per heavy atom. The summed E-state index contributed by atoms with van der Waals surface area (Å²) in [6.07, 6.45) is 2.44. The number of amides is 1. The average Bonchev–Trinajstić information content (AvgIpc) is 3.07. The Kier molecular flexibility index (Phi) is 5.86. The van der Waals surface area contributed by atoms with Crippen LogP contribution in [0.3, 0.4) is 0 Å². The largest absolute Gasteiger partial charge is 0.378 e. The average molecular weight is 366 g/mol. The maximum atomic E-state index is 13.2. The third-order valence-electron chi connectivity index (χ3n) is 4.30. The van der Waals surface area contributed by atoms with Gasteiger partial charge in [0.2, 0.25) is 5.91 Å². The van der Waals surface area contributed by atoms with Crippen LogP contribution in [0.2, 0.25) is 0 Å². The molecule has 0 fully saturated rings. The molecule has 6 heteroatoms. The minimum Gasteiger partial charge on any atom is -0.378 e. The van der Waals surface area contributed by atoms with Gasteiger partial charge in [0.05, 0.1) is 12.7 Å². The summed E-state index contributed by atoms with van der Waals surface area (Å²) in [6, 6.07) is 16.3. The Labute approximate surface area is 158 Å². The fourth-order valence-electron chi connectivity index (χ4n) is 2.79. The van der Waals surface area contributed by atoms with Crippen molar-refractivity contribution in [2.45, 2.75) is 19.4 Å². The van der Waals surface area contributed by atoms with Crippen LogP contribution < -0.4 is 10.2 Å². The lowest BCUT2D eigenvalue weighted by atomic mass is 10.1. The van der Waals surface area contributed by atoms with E-state index in [1.807, 2.05) is 37.2 Å². The van der Waals surface area contributed by atoms with E-state index in [4.69, 9.17) is 0 Å². The molecule has 0 unspecified atom stereocenters. The van der Waals surface area contributed by atoms with Crippen molar-refractivity contribution >= 4 is 17.4 Å². The van der Waals surface area contributed by atoms with Gasteiger partial charge in [-0.15, -0.1) is 0 Å². The van der Waals surface area contributed by atoms with Gasteiger partial charge in [-0.3, -0.25) is 4.79 Å². The van der Waals surface area contributed by atoms with E-state index in [0.717, 1.165) is 16.8 Å². The molecule has 0 aliphatic heterocycles. The predicted molar refractivity (Wildman–Crippen MR) is 105 cm³/mol. The van der Waals surface area contributed by atoms with Crippen LogP contribution in [0, 0.1) is 5.82 Å². The normalized spacial score (nSPS) is 10.6. The van der Waals surface area contributed by atoms with E-state index in [1.54, 1.807) is 23.0 Å². The topological polar surface area (TPSA) is 50.2 Å². The van der Waals surface area contributed by atoms with E-state index < -0.39 is 0 Å². The van der Waals surface area contributed by atoms with Crippen molar-refractivity contribution in [3.8, 4) is 0 Å². The summed E-state index contributed by atoms with van der Waals surface area (Å²) in [5, 5.41) is 7.18. The van der Waals surface area contributed by atoms with E-state index in [2.05, 4.69) is 22.5 Å². The van der Waals surface area contributed by atoms with Crippen LogP contribution in [-0.2, 0) is 17.8 Å². The number of aromatic nitrogens is 2. The molecule has 27 heavy (non-hydrogen) atoms. The van der Waals surface area contributed by atoms with Crippen LogP contribution >= 0.6 is 0 Å². The molecule has 1 N–H and O–H groups in total. The van der Waals surface area contributed by atoms with Gasteiger partial charge in [-0.2, -0.15) is 5.10 Å². The van der Waals surface area contributed by atoms with Crippen LogP contribution in [0.4, 0.5) is 15.9 Å². The Hall–Kier alpha value is -3.15. The molecule has 0 aliphatic rings. The third kappa shape index (κ3) is 5.17. The van der Waals surface area contributed by atoms with Crippen molar-refractivity contribution in [3.05, 3.63) is 77.7 Å². The third-order valence-corrected chi connectivity index (χ3v) is 4.30. The zero-order valence-electron chi connectivity index (χ0n) is 15.5. The molecule has 3 rings (SSSR count). The molecule has 0 bridgehead atoms. The Morgan fingerprint density at radius 3 is 2.59 bits per heavy atom. The van der Waals surface area contributed by atoms with Crippen molar-refractivity contribution in [1.29, 1.82) is 0 Å². The molecule has 3 aromatic rings. The minimum atomic E-state index is -0.286. The lowest BCUT2D eigenvalue weighted by Gasteiger charge is -2.13. The second-order valence-corrected chi connectivity index (χ2v) is 6.61. The zero-order valence-corrected chi connectivity index (χ0v) is 15.5. The quantitative estimate of drug-likeness (QED) is 0.694. The van der Waals surface area contributed by atoms with Gasteiger partial charge in [0, 0.05) is 32.3 Å². The summed E-state index contributed by atoms with van der Waals surface area (Å²) >= 11 is 0. The van der Waals surface area contributed by atoms with Gasteiger partial charge in [-0.1, -0.05) is 24.3 Å². The summed E-state index contributed by atoms with van der Waals surface area (Å²) in [5.41, 5.74) is 3.03. The molecule has 5 nitrogen and oxygen atoms in total. The van der Waals surface area contributed by atoms with E-state index in [1.165, 1.54) is 12.1 Å². The van der Waals surface area contributed by atoms with Gasteiger partial charge in [0.1, 0.15) is 11.6 Å². The van der Waals surface area contributed by atoms with Gasteiger partial charge < -0.3 is 10.2 Å². The number of aryl methyl sites for hydroxylation is 1. The van der Waals surface area contributed by atoms with Crippen molar-refractivity contribution < 1.29 is 9.18 Å². The molecule has 0 saturated carbocycles. The number of halogens is 1. The number of carbonyl (C=O) groups excluding carboxylic acids is 1. The van der Waals surface area contributed by atoms with Crippen LogP contribution in [-0.4, -0.2) is 29.8 Å². The fourth-order valence-corrected chi connectivity index (χ4v) is 2.79. The lowest BCUT2D eigenvalue weighted by molar-refractivity contribution is -0.116. The lowest BCUT2D eigenvalue weighted by Crippen LogP contribution is -2.16. The summed E-state index contributed by atoms with van der Waals surface area (Å²) in [5.74, 6) is 0.242. The second kappa shape index (κ2) is 8.49. The highest BCUT2D eigenvalue weighted by atomic mass is 19.1. The maximum Gasteiger partial charge on any atom is 0.225 e. The molecule has 0 radical (unpaired) electrons. The highest BCUT2D eigenvalue weighted by Gasteiger charge is 2.09. The first kappa shape index (κ1) is 18.6. The highest BCUT2D eigenvalue weighted by molar-refractivity contribution is 5.89. The first-order chi connectivity index (χ1) is 13.0.